The summed E-state index contributed by atoms with van der Waals surface area (Å²) in [5, 5.41) is 7.17. The molecular weight excluding hydrogens is 268 g/mol. The summed E-state index contributed by atoms with van der Waals surface area (Å²) in [5.74, 6) is 1.30. The van der Waals surface area contributed by atoms with E-state index in [-0.39, 0.29) is 11.0 Å². The Balaban J connectivity index is 1.76. The number of pyridine rings is 1. The fourth-order valence-electron chi connectivity index (χ4n) is 2.57. The zero-order valence-electron chi connectivity index (χ0n) is 12.1. The third-order valence-corrected chi connectivity index (χ3v) is 4.27. The van der Waals surface area contributed by atoms with Crippen LogP contribution in [0.3, 0.4) is 0 Å². The molecule has 2 aromatic heterocycles. The van der Waals surface area contributed by atoms with Gasteiger partial charge in [-0.1, -0.05) is 6.92 Å². The van der Waals surface area contributed by atoms with Crippen LogP contribution in [0.4, 0.5) is 5.95 Å². The van der Waals surface area contributed by atoms with Crippen molar-refractivity contribution in [3.8, 4) is 11.4 Å². The van der Waals surface area contributed by atoms with Crippen molar-refractivity contribution in [2.75, 3.05) is 24.5 Å². The first-order valence-electron chi connectivity index (χ1n) is 7.16. The van der Waals surface area contributed by atoms with Gasteiger partial charge >= 0.3 is 0 Å². The van der Waals surface area contributed by atoms with E-state index < -0.39 is 0 Å². The molecular formula is C14H20N6O. The highest BCUT2D eigenvalue weighted by Crippen LogP contribution is 2.31. The maximum atomic E-state index is 11.3. The number of aromatic amines is 2. The predicted octanol–water partition coefficient (Wildman–Crippen LogP) is 0.725. The second-order valence-electron chi connectivity index (χ2n) is 5.93. The van der Waals surface area contributed by atoms with E-state index in [4.69, 9.17) is 5.73 Å². The molecule has 3 heterocycles. The highest BCUT2D eigenvalue weighted by Gasteiger charge is 2.30. The van der Waals surface area contributed by atoms with E-state index in [1.165, 1.54) is 6.07 Å². The van der Waals surface area contributed by atoms with Gasteiger partial charge in [0.15, 0.2) is 5.82 Å². The van der Waals surface area contributed by atoms with Gasteiger partial charge in [0.2, 0.25) is 11.5 Å². The number of nitrogens with two attached hydrogens (primary N) is 1. The molecule has 1 aliphatic heterocycles. The van der Waals surface area contributed by atoms with Crippen LogP contribution in [-0.4, -0.2) is 39.8 Å². The number of piperidine rings is 1. The van der Waals surface area contributed by atoms with Crippen LogP contribution in [0.2, 0.25) is 0 Å². The summed E-state index contributed by atoms with van der Waals surface area (Å²) in [6, 6.07) is 3.30. The predicted molar refractivity (Wildman–Crippen MR) is 81.0 cm³/mol. The highest BCUT2D eigenvalue weighted by molar-refractivity contribution is 5.55. The standard InChI is InChI=1S/C14H20N6O/c1-14(9-15)3-6-20(7-4-14)13-17-12(18-19-13)10-2-5-16-11(21)8-10/h2,5,8H,3-4,6-7,9,15H2,1H3,(H,16,21)(H,17,18,19). The first-order valence-corrected chi connectivity index (χ1v) is 7.16. The molecule has 21 heavy (non-hydrogen) atoms. The monoisotopic (exact) mass is 288 g/mol. The smallest absolute Gasteiger partial charge is 0.248 e. The van der Waals surface area contributed by atoms with Gasteiger partial charge in [0.05, 0.1) is 0 Å². The number of nitrogens with one attached hydrogen (secondary N) is 2. The van der Waals surface area contributed by atoms with E-state index in [2.05, 4.69) is 32.0 Å². The maximum absolute atomic E-state index is 11.3. The third kappa shape index (κ3) is 2.82. The molecule has 0 radical (unpaired) electrons. The molecule has 2 aromatic rings. The molecule has 0 saturated carbocycles. The van der Waals surface area contributed by atoms with Crippen LogP contribution in [0, 0.1) is 5.41 Å². The number of hydrogen-bond acceptors (Lipinski definition) is 5. The van der Waals surface area contributed by atoms with Crippen LogP contribution in [0.1, 0.15) is 19.8 Å². The number of aromatic nitrogens is 4. The molecule has 4 N–H and O–H groups in total. The summed E-state index contributed by atoms with van der Waals surface area (Å²) >= 11 is 0. The lowest BCUT2D eigenvalue weighted by Crippen LogP contribution is -2.42. The fraction of sp³-hybridized carbons (Fsp3) is 0.500. The van der Waals surface area contributed by atoms with Gasteiger partial charge in [0.25, 0.3) is 0 Å². The first-order chi connectivity index (χ1) is 10.1. The summed E-state index contributed by atoms with van der Waals surface area (Å²) in [7, 11) is 0. The Morgan fingerprint density at radius 1 is 1.43 bits per heavy atom. The zero-order chi connectivity index (χ0) is 14.9. The van der Waals surface area contributed by atoms with Crippen LogP contribution in [0.15, 0.2) is 23.1 Å². The van der Waals surface area contributed by atoms with E-state index in [0.29, 0.717) is 18.3 Å². The first kappa shape index (κ1) is 13.8. The van der Waals surface area contributed by atoms with Crippen molar-refractivity contribution in [3.63, 3.8) is 0 Å². The van der Waals surface area contributed by atoms with Crippen molar-refractivity contribution >= 4 is 5.95 Å². The van der Waals surface area contributed by atoms with Gasteiger partial charge in [-0.05, 0) is 30.9 Å². The fourth-order valence-corrected chi connectivity index (χ4v) is 2.57. The largest absolute Gasteiger partial charge is 0.339 e. The molecule has 0 amide bonds. The van der Waals surface area contributed by atoms with Crippen molar-refractivity contribution in [1.29, 1.82) is 0 Å². The maximum Gasteiger partial charge on any atom is 0.248 e. The van der Waals surface area contributed by atoms with E-state index in [1.807, 2.05) is 0 Å². The summed E-state index contributed by atoms with van der Waals surface area (Å²) in [4.78, 5) is 20.6. The molecule has 0 atom stereocenters. The molecule has 0 aromatic carbocycles. The summed E-state index contributed by atoms with van der Waals surface area (Å²) in [5.41, 5.74) is 6.64. The molecule has 7 heteroatoms. The van der Waals surface area contributed by atoms with E-state index in [1.54, 1.807) is 12.3 Å². The number of anilines is 1. The molecule has 0 bridgehead atoms. The second kappa shape index (κ2) is 5.33. The Hall–Kier alpha value is -2.15. The number of hydrogen-bond donors (Lipinski definition) is 3. The van der Waals surface area contributed by atoms with Crippen molar-refractivity contribution < 1.29 is 0 Å². The van der Waals surface area contributed by atoms with Crippen LogP contribution < -0.4 is 16.2 Å². The zero-order valence-corrected chi connectivity index (χ0v) is 12.1. The van der Waals surface area contributed by atoms with Crippen molar-refractivity contribution in [3.05, 3.63) is 28.7 Å². The van der Waals surface area contributed by atoms with Gasteiger partial charge in [-0.3, -0.25) is 9.89 Å². The summed E-state index contributed by atoms with van der Waals surface area (Å²) < 4.78 is 0. The Labute approximate surface area is 122 Å². The summed E-state index contributed by atoms with van der Waals surface area (Å²) in [6.07, 6.45) is 3.68. The molecule has 112 valence electrons. The van der Waals surface area contributed by atoms with Crippen LogP contribution in [-0.2, 0) is 0 Å². The average Bonchev–Trinajstić information content (AvgIpc) is 2.98. The van der Waals surface area contributed by atoms with Gasteiger partial charge in [-0.2, -0.15) is 4.98 Å². The third-order valence-electron chi connectivity index (χ3n) is 4.27. The van der Waals surface area contributed by atoms with Crippen molar-refractivity contribution in [1.82, 2.24) is 20.2 Å². The Morgan fingerprint density at radius 2 is 2.19 bits per heavy atom. The van der Waals surface area contributed by atoms with E-state index in [0.717, 1.165) is 31.5 Å². The number of H-pyrrole nitrogens is 2. The molecule has 0 unspecified atom stereocenters. The average molecular weight is 288 g/mol. The lowest BCUT2D eigenvalue weighted by molar-refractivity contribution is 0.257. The minimum Gasteiger partial charge on any atom is -0.339 e. The van der Waals surface area contributed by atoms with Gasteiger partial charge in [-0.15, -0.1) is 5.10 Å². The molecule has 1 saturated heterocycles. The molecule has 1 fully saturated rings. The van der Waals surface area contributed by atoms with E-state index in [9.17, 15) is 4.79 Å². The molecule has 1 aliphatic rings. The normalized spacial score (nSPS) is 17.9. The minimum atomic E-state index is -0.151. The molecule has 3 rings (SSSR count). The van der Waals surface area contributed by atoms with Gasteiger partial charge in [-0.25, -0.2) is 0 Å². The Morgan fingerprint density at radius 3 is 2.86 bits per heavy atom. The lowest BCUT2D eigenvalue weighted by Gasteiger charge is -2.38. The lowest BCUT2D eigenvalue weighted by atomic mass is 9.81. The topological polar surface area (TPSA) is 104 Å². The molecule has 0 aliphatic carbocycles. The van der Waals surface area contributed by atoms with Crippen molar-refractivity contribution in [2.45, 2.75) is 19.8 Å². The molecule has 7 nitrogen and oxygen atoms in total. The van der Waals surface area contributed by atoms with Crippen LogP contribution >= 0.6 is 0 Å². The number of rotatable bonds is 3. The van der Waals surface area contributed by atoms with Gasteiger partial charge in [0, 0.05) is 30.9 Å². The van der Waals surface area contributed by atoms with Crippen LogP contribution in [0.25, 0.3) is 11.4 Å². The second-order valence-corrected chi connectivity index (χ2v) is 5.93. The summed E-state index contributed by atoms with van der Waals surface area (Å²) in [6.45, 7) is 4.75. The minimum absolute atomic E-state index is 0.151. The van der Waals surface area contributed by atoms with Crippen LogP contribution in [0.5, 0.6) is 0 Å². The Kier molecular flexibility index (Phi) is 3.50. The van der Waals surface area contributed by atoms with Crippen molar-refractivity contribution in [2.24, 2.45) is 11.1 Å². The quantitative estimate of drug-likeness (QED) is 0.772. The number of nitrogens with zero attached hydrogens (tertiary/aromatic N) is 3. The Bertz CT molecular complexity index is 668. The highest BCUT2D eigenvalue weighted by atomic mass is 16.1. The SMILES string of the molecule is CC1(CN)CCN(c2n[nH]c(-c3cc[nH]c(=O)c3)n2)CC1. The molecule has 0 spiro atoms. The van der Waals surface area contributed by atoms with Gasteiger partial charge < -0.3 is 15.6 Å². The van der Waals surface area contributed by atoms with E-state index >= 15 is 0 Å². The van der Waals surface area contributed by atoms with Gasteiger partial charge in [0.1, 0.15) is 0 Å².